The lowest BCUT2D eigenvalue weighted by Gasteiger charge is -2.27. The van der Waals surface area contributed by atoms with Crippen molar-refractivity contribution in [2.75, 3.05) is 6.54 Å². The van der Waals surface area contributed by atoms with Gasteiger partial charge in [-0.3, -0.25) is 0 Å². The van der Waals surface area contributed by atoms with Gasteiger partial charge in [0.05, 0.1) is 6.20 Å². The second-order valence-corrected chi connectivity index (χ2v) is 5.81. The van der Waals surface area contributed by atoms with Gasteiger partial charge in [-0.25, -0.2) is 9.78 Å². The number of alkyl halides is 3. The first-order valence-electron chi connectivity index (χ1n) is 6.54. The second kappa shape index (κ2) is 6.15. The van der Waals surface area contributed by atoms with Crippen molar-refractivity contribution in [2.24, 2.45) is 0 Å². The van der Waals surface area contributed by atoms with Crippen molar-refractivity contribution in [1.29, 1.82) is 0 Å². The standard InChI is InChI=1S/C13H19F3N2O4/c1-8-7-18-9(21-8)12(20,13(14,15)16)5-6-17-10(19)22-11(2,3)4/h7,20H,5-6H2,1-4H3,(H,17,19). The van der Waals surface area contributed by atoms with Crippen LogP contribution in [0.5, 0.6) is 0 Å². The molecule has 0 bridgehead atoms. The Morgan fingerprint density at radius 2 is 2.00 bits per heavy atom. The number of alkyl carbamates (subject to hydrolysis) is 1. The van der Waals surface area contributed by atoms with E-state index in [1.165, 1.54) is 6.92 Å². The number of amides is 1. The van der Waals surface area contributed by atoms with Crippen LogP contribution in [-0.2, 0) is 10.3 Å². The number of ether oxygens (including phenoxy) is 1. The molecular weight excluding hydrogens is 305 g/mol. The van der Waals surface area contributed by atoms with E-state index in [-0.39, 0.29) is 5.76 Å². The fraction of sp³-hybridized carbons (Fsp3) is 0.692. The molecule has 0 aliphatic rings. The van der Waals surface area contributed by atoms with Crippen molar-refractivity contribution >= 4 is 6.09 Å². The van der Waals surface area contributed by atoms with Gasteiger partial charge < -0.3 is 19.6 Å². The number of oxazole rings is 1. The van der Waals surface area contributed by atoms with Crippen molar-refractivity contribution in [3.05, 3.63) is 17.8 Å². The molecule has 1 atom stereocenters. The van der Waals surface area contributed by atoms with E-state index in [1.807, 2.05) is 0 Å². The zero-order valence-electron chi connectivity index (χ0n) is 12.7. The van der Waals surface area contributed by atoms with Crippen LogP contribution in [0.25, 0.3) is 0 Å². The van der Waals surface area contributed by atoms with Crippen LogP contribution in [0.2, 0.25) is 0 Å². The van der Waals surface area contributed by atoms with Gasteiger partial charge in [0.2, 0.25) is 11.5 Å². The number of carbonyl (C=O) groups is 1. The number of nitrogens with zero attached hydrogens (tertiary/aromatic N) is 1. The Kier molecular flexibility index (Phi) is 5.11. The van der Waals surface area contributed by atoms with Gasteiger partial charge in [-0.05, 0) is 27.7 Å². The van der Waals surface area contributed by atoms with E-state index in [9.17, 15) is 23.1 Å². The van der Waals surface area contributed by atoms with Gasteiger partial charge in [0.1, 0.15) is 11.4 Å². The highest BCUT2D eigenvalue weighted by molar-refractivity contribution is 5.67. The first-order valence-corrected chi connectivity index (χ1v) is 6.54. The fourth-order valence-electron chi connectivity index (χ4n) is 1.58. The molecule has 0 aliphatic heterocycles. The maximum absolute atomic E-state index is 13.1. The normalized spacial score (nSPS) is 15.3. The summed E-state index contributed by atoms with van der Waals surface area (Å²) in [5, 5.41) is 12.1. The van der Waals surface area contributed by atoms with E-state index in [4.69, 9.17) is 9.15 Å². The summed E-state index contributed by atoms with van der Waals surface area (Å²) in [5.74, 6) is -0.721. The summed E-state index contributed by atoms with van der Waals surface area (Å²) >= 11 is 0. The fourth-order valence-corrected chi connectivity index (χ4v) is 1.58. The van der Waals surface area contributed by atoms with E-state index < -0.39 is 42.3 Å². The van der Waals surface area contributed by atoms with Gasteiger partial charge in [0, 0.05) is 13.0 Å². The quantitative estimate of drug-likeness (QED) is 0.889. The van der Waals surface area contributed by atoms with Gasteiger partial charge in [-0.2, -0.15) is 13.2 Å². The van der Waals surface area contributed by atoms with E-state index in [2.05, 4.69) is 10.3 Å². The van der Waals surface area contributed by atoms with Crippen LogP contribution in [0, 0.1) is 6.92 Å². The lowest BCUT2D eigenvalue weighted by atomic mass is 9.99. The number of hydrogen-bond donors (Lipinski definition) is 2. The molecule has 0 radical (unpaired) electrons. The molecule has 1 unspecified atom stereocenters. The topological polar surface area (TPSA) is 84.6 Å². The third-order valence-electron chi connectivity index (χ3n) is 2.60. The zero-order chi connectivity index (χ0) is 17.2. The molecule has 126 valence electrons. The highest BCUT2D eigenvalue weighted by atomic mass is 19.4. The maximum atomic E-state index is 13.1. The third kappa shape index (κ3) is 4.62. The highest BCUT2D eigenvalue weighted by Gasteiger charge is 2.58. The number of rotatable bonds is 4. The largest absolute Gasteiger partial charge is 0.444 e. The number of hydrogen-bond acceptors (Lipinski definition) is 5. The SMILES string of the molecule is Cc1cnc(C(O)(CCNC(=O)OC(C)(C)C)C(F)(F)F)o1. The second-order valence-electron chi connectivity index (χ2n) is 5.81. The molecule has 0 aromatic carbocycles. The van der Waals surface area contributed by atoms with Crippen LogP contribution in [0.4, 0.5) is 18.0 Å². The number of aromatic nitrogens is 1. The average molecular weight is 324 g/mol. The molecule has 6 nitrogen and oxygen atoms in total. The van der Waals surface area contributed by atoms with Crippen LogP contribution in [0.3, 0.4) is 0 Å². The molecule has 9 heteroatoms. The molecule has 0 fully saturated rings. The number of aryl methyl sites for hydroxylation is 1. The minimum absolute atomic E-state index is 0.137. The number of halogens is 3. The Bertz CT molecular complexity index is 522. The number of aliphatic hydroxyl groups is 1. The summed E-state index contributed by atoms with van der Waals surface area (Å²) < 4.78 is 49.0. The van der Waals surface area contributed by atoms with Gasteiger partial charge in [0.15, 0.2) is 0 Å². The summed E-state index contributed by atoms with van der Waals surface area (Å²) in [6.07, 6.45) is -5.65. The van der Waals surface area contributed by atoms with Crippen molar-refractivity contribution in [2.45, 2.75) is 51.5 Å². The average Bonchev–Trinajstić information content (AvgIpc) is 2.72. The first kappa shape index (κ1) is 18.3. The zero-order valence-corrected chi connectivity index (χ0v) is 12.7. The van der Waals surface area contributed by atoms with Gasteiger partial charge in [-0.15, -0.1) is 0 Å². The van der Waals surface area contributed by atoms with E-state index in [1.54, 1.807) is 20.8 Å². The van der Waals surface area contributed by atoms with E-state index in [0.29, 0.717) is 0 Å². The molecule has 22 heavy (non-hydrogen) atoms. The molecule has 1 aromatic heterocycles. The predicted molar refractivity (Wildman–Crippen MR) is 70.0 cm³/mol. The third-order valence-corrected chi connectivity index (χ3v) is 2.60. The molecular formula is C13H19F3N2O4. The number of carbonyl (C=O) groups excluding carboxylic acids is 1. The first-order chi connectivity index (χ1) is 9.85. The monoisotopic (exact) mass is 324 g/mol. The van der Waals surface area contributed by atoms with Crippen LogP contribution >= 0.6 is 0 Å². The highest BCUT2D eigenvalue weighted by Crippen LogP contribution is 2.40. The number of nitrogens with one attached hydrogen (secondary N) is 1. The molecule has 1 heterocycles. The Balaban J connectivity index is 2.75. The van der Waals surface area contributed by atoms with Crippen molar-refractivity contribution < 1.29 is 32.2 Å². The molecule has 0 saturated heterocycles. The van der Waals surface area contributed by atoms with Crippen molar-refractivity contribution in [3.8, 4) is 0 Å². The molecule has 0 aliphatic carbocycles. The molecule has 1 rings (SSSR count). The molecule has 2 N–H and O–H groups in total. The smallest absolute Gasteiger partial charge is 0.426 e. The van der Waals surface area contributed by atoms with Crippen LogP contribution in [0.1, 0.15) is 38.8 Å². The lowest BCUT2D eigenvalue weighted by molar-refractivity contribution is -0.276. The van der Waals surface area contributed by atoms with Crippen molar-refractivity contribution in [3.63, 3.8) is 0 Å². The van der Waals surface area contributed by atoms with Crippen molar-refractivity contribution in [1.82, 2.24) is 10.3 Å². The Morgan fingerprint density at radius 3 is 2.41 bits per heavy atom. The Hall–Kier alpha value is -1.77. The van der Waals surface area contributed by atoms with Gasteiger partial charge >= 0.3 is 12.3 Å². The Morgan fingerprint density at radius 1 is 1.41 bits per heavy atom. The summed E-state index contributed by atoms with van der Waals surface area (Å²) in [6.45, 7) is 5.80. The van der Waals surface area contributed by atoms with Gasteiger partial charge in [-0.1, -0.05) is 0 Å². The predicted octanol–water partition coefficient (Wildman–Crippen LogP) is 2.65. The summed E-state index contributed by atoms with van der Waals surface area (Å²) in [5.41, 5.74) is -4.06. The minimum atomic E-state index is -5.00. The summed E-state index contributed by atoms with van der Waals surface area (Å²) in [4.78, 5) is 14.8. The lowest BCUT2D eigenvalue weighted by Crippen LogP contribution is -2.45. The Labute approximate surface area is 125 Å². The van der Waals surface area contributed by atoms with E-state index in [0.717, 1.165) is 6.20 Å². The summed E-state index contributed by atoms with van der Waals surface area (Å²) in [6, 6.07) is 0. The van der Waals surface area contributed by atoms with Crippen LogP contribution < -0.4 is 5.32 Å². The van der Waals surface area contributed by atoms with Crippen LogP contribution in [-0.4, -0.2) is 34.5 Å². The summed E-state index contributed by atoms with van der Waals surface area (Å²) in [7, 11) is 0. The molecule has 1 amide bonds. The molecule has 1 aromatic rings. The van der Waals surface area contributed by atoms with Crippen LogP contribution in [0.15, 0.2) is 10.6 Å². The molecule has 0 saturated carbocycles. The maximum Gasteiger partial charge on any atom is 0.426 e. The van der Waals surface area contributed by atoms with Gasteiger partial charge in [0.25, 0.3) is 0 Å². The molecule has 0 spiro atoms. The minimum Gasteiger partial charge on any atom is -0.444 e. The van der Waals surface area contributed by atoms with E-state index >= 15 is 0 Å².